The molecule has 3 rings (SSSR count). The standard InChI is InChI=1S/C18H20BrN3O3/c1-12-11-21(15-5-3-13(4-6-15)18(24)25-2)7-8-22(12)17(23)16-9-14(19)10-20-16/h3-6,9-10,12,20H,7-8,11H2,1-2H3/t12-/m0/s1. The minimum absolute atomic E-state index is 0.0129. The molecule has 1 amide bonds. The summed E-state index contributed by atoms with van der Waals surface area (Å²) in [5, 5.41) is 0. The number of aromatic nitrogens is 1. The fourth-order valence-electron chi connectivity index (χ4n) is 3.07. The lowest BCUT2D eigenvalue weighted by Crippen LogP contribution is -2.54. The van der Waals surface area contributed by atoms with Gasteiger partial charge < -0.3 is 19.5 Å². The van der Waals surface area contributed by atoms with E-state index >= 15 is 0 Å². The first kappa shape index (κ1) is 17.5. The monoisotopic (exact) mass is 405 g/mol. The van der Waals surface area contributed by atoms with E-state index in [1.165, 1.54) is 7.11 Å². The molecule has 0 unspecified atom stereocenters. The number of carbonyl (C=O) groups excluding carboxylic acids is 2. The van der Waals surface area contributed by atoms with Crippen LogP contribution in [0.3, 0.4) is 0 Å². The van der Waals surface area contributed by atoms with E-state index in [1.54, 1.807) is 24.4 Å². The second-order valence-corrected chi connectivity index (χ2v) is 6.98. The van der Waals surface area contributed by atoms with Crippen LogP contribution in [0.2, 0.25) is 0 Å². The summed E-state index contributed by atoms with van der Waals surface area (Å²) in [4.78, 5) is 31.2. The first-order chi connectivity index (χ1) is 12.0. The maximum absolute atomic E-state index is 12.6. The largest absolute Gasteiger partial charge is 0.465 e. The first-order valence-corrected chi connectivity index (χ1v) is 8.87. The van der Waals surface area contributed by atoms with Crippen molar-refractivity contribution in [3.8, 4) is 0 Å². The Balaban J connectivity index is 1.67. The molecule has 0 aliphatic carbocycles. The highest BCUT2D eigenvalue weighted by Crippen LogP contribution is 2.22. The zero-order chi connectivity index (χ0) is 18.0. The quantitative estimate of drug-likeness (QED) is 0.797. The zero-order valence-electron chi connectivity index (χ0n) is 14.2. The Labute approximate surface area is 154 Å². The summed E-state index contributed by atoms with van der Waals surface area (Å²) in [6.07, 6.45) is 1.76. The van der Waals surface area contributed by atoms with E-state index in [9.17, 15) is 9.59 Å². The van der Waals surface area contributed by atoms with Crippen LogP contribution in [0.5, 0.6) is 0 Å². The molecule has 1 saturated heterocycles. The number of halogens is 1. The SMILES string of the molecule is COC(=O)c1ccc(N2CCN(C(=O)c3cc(Br)c[nH]3)[C@@H](C)C2)cc1. The molecule has 1 atom stereocenters. The molecule has 0 saturated carbocycles. The molecule has 2 aromatic rings. The van der Waals surface area contributed by atoms with E-state index in [0.717, 1.165) is 23.2 Å². The van der Waals surface area contributed by atoms with Crippen LogP contribution in [-0.4, -0.2) is 54.5 Å². The number of benzene rings is 1. The molecule has 6 nitrogen and oxygen atoms in total. The molecule has 0 bridgehead atoms. The molecule has 25 heavy (non-hydrogen) atoms. The van der Waals surface area contributed by atoms with Gasteiger partial charge in [-0.2, -0.15) is 0 Å². The average Bonchev–Trinajstić information content (AvgIpc) is 3.07. The number of hydrogen-bond acceptors (Lipinski definition) is 4. The number of piperazine rings is 1. The van der Waals surface area contributed by atoms with Crippen LogP contribution < -0.4 is 4.90 Å². The number of hydrogen-bond donors (Lipinski definition) is 1. The van der Waals surface area contributed by atoms with Crippen molar-refractivity contribution in [2.75, 3.05) is 31.6 Å². The Hall–Kier alpha value is -2.28. The van der Waals surface area contributed by atoms with Gasteiger partial charge in [0.1, 0.15) is 5.69 Å². The van der Waals surface area contributed by atoms with Gasteiger partial charge in [-0.25, -0.2) is 4.79 Å². The summed E-state index contributed by atoms with van der Waals surface area (Å²) in [6.45, 7) is 4.18. The fourth-order valence-corrected chi connectivity index (χ4v) is 3.41. The fraction of sp³-hybridized carbons (Fsp3) is 0.333. The van der Waals surface area contributed by atoms with Crippen LogP contribution in [0.25, 0.3) is 0 Å². The lowest BCUT2D eigenvalue weighted by molar-refractivity contribution is 0.0599. The van der Waals surface area contributed by atoms with Crippen molar-refractivity contribution >= 4 is 33.5 Å². The van der Waals surface area contributed by atoms with Crippen molar-refractivity contribution in [3.05, 3.63) is 52.3 Å². The van der Waals surface area contributed by atoms with Crippen molar-refractivity contribution in [1.29, 1.82) is 0 Å². The number of H-pyrrole nitrogens is 1. The van der Waals surface area contributed by atoms with Crippen LogP contribution in [0.1, 0.15) is 27.8 Å². The van der Waals surface area contributed by atoms with Gasteiger partial charge in [-0.1, -0.05) is 0 Å². The zero-order valence-corrected chi connectivity index (χ0v) is 15.7. The van der Waals surface area contributed by atoms with E-state index in [2.05, 4.69) is 25.8 Å². The molecule has 7 heteroatoms. The maximum Gasteiger partial charge on any atom is 0.337 e. The third-order valence-corrected chi connectivity index (χ3v) is 4.88. The van der Waals surface area contributed by atoms with Gasteiger partial charge in [0.15, 0.2) is 0 Å². The molecule has 1 fully saturated rings. The van der Waals surface area contributed by atoms with Gasteiger partial charge in [0, 0.05) is 42.0 Å². The number of carbonyl (C=O) groups is 2. The average molecular weight is 406 g/mol. The number of nitrogens with one attached hydrogen (secondary N) is 1. The number of anilines is 1. The minimum atomic E-state index is -0.340. The van der Waals surface area contributed by atoms with E-state index in [1.807, 2.05) is 24.0 Å². The molecule has 0 radical (unpaired) electrons. The van der Waals surface area contributed by atoms with Crippen molar-refractivity contribution < 1.29 is 14.3 Å². The van der Waals surface area contributed by atoms with E-state index in [4.69, 9.17) is 4.74 Å². The van der Waals surface area contributed by atoms with Gasteiger partial charge in [0.2, 0.25) is 0 Å². The first-order valence-electron chi connectivity index (χ1n) is 8.08. The number of aromatic amines is 1. The molecule has 132 valence electrons. The lowest BCUT2D eigenvalue weighted by atomic mass is 10.1. The Morgan fingerprint density at radius 1 is 1.24 bits per heavy atom. The number of rotatable bonds is 3. The summed E-state index contributed by atoms with van der Waals surface area (Å²) in [6, 6.07) is 9.24. The smallest absolute Gasteiger partial charge is 0.337 e. The molecule has 1 aromatic carbocycles. The van der Waals surface area contributed by atoms with Crippen LogP contribution in [0.15, 0.2) is 41.0 Å². The number of esters is 1. The summed E-state index contributed by atoms with van der Waals surface area (Å²) < 4.78 is 5.59. The Bertz CT molecular complexity index is 772. The van der Waals surface area contributed by atoms with Gasteiger partial charge in [0.05, 0.1) is 12.7 Å². The summed E-state index contributed by atoms with van der Waals surface area (Å²) >= 11 is 3.36. The van der Waals surface area contributed by atoms with Crippen molar-refractivity contribution in [1.82, 2.24) is 9.88 Å². The predicted molar refractivity (Wildman–Crippen MR) is 99.0 cm³/mol. The molecule has 1 aliphatic rings. The van der Waals surface area contributed by atoms with Crippen molar-refractivity contribution in [2.24, 2.45) is 0 Å². The van der Waals surface area contributed by atoms with E-state index in [-0.39, 0.29) is 17.9 Å². The highest BCUT2D eigenvalue weighted by molar-refractivity contribution is 9.10. The molecule has 2 heterocycles. The maximum atomic E-state index is 12.6. The Kier molecular flexibility index (Phi) is 5.13. The van der Waals surface area contributed by atoms with Gasteiger partial charge in [0.25, 0.3) is 5.91 Å². The second-order valence-electron chi connectivity index (χ2n) is 6.06. The lowest BCUT2D eigenvalue weighted by Gasteiger charge is -2.40. The van der Waals surface area contributed by atoms with Crippen LogP contribution in [0, 0.1) is 0 Å². The summed E-state index contributed by atoms with van der Waals surface area (Å²) in [5.41, 5.74) is 2.16. The highest BCUT2D eigenvalue weighted by atomic mass is 79.9. The van der Waals surface area contributed by atoms with Gasteiger partial charge in [-0.3, -0.25) is 4.79 Å². The predicted octanol–water partition coefficient (Wildman–Crippen LogP) is 2.91. The van der Waals surface area contributed by atoms with E-state index < -0.39 is 0 Å². The second kappa shape index (κ2) is 7.31. The molecular weight excluding hydrogens is 386 g/mol. The number of ether oxygens (including phenoxy) is 1. The highest BCUT2D eigenvalue weighted by Gasteiger charge is 2.29. The molecular formula is C18H20BrN3O3. The molecule has 1 N–H and O–H groups in total. The number of nitrogens with zero attached hydrogens (tertiary/aromatic N) is 2. The number of amides is 1. The van der Waals surface area contributed by atoms with Crippen LogP contribution >= 0.6 is 15.9 Å². The topological polar surface area (TPSA) is 65.6 Å². The Morgan fingerprint density at radius 3 is 2.52 bits per heavy atom. The van der Waals surface area contributed by atoms with Gasteiger partial charge >= 0.3 is 5.97 Å². The van der Waals surface area contributed by atoms with Crippen molar-refractivity contribution in [2.45, 2.75) is 13.0 Å². The normalized spacial score (nSPS) is 17.5. The Morgan fingerprint density at radius 2 is 1.96 bits per heavy atom. The summed E-state index contributed by atoms with van der Waals surface area (Å²) in [5.74, 6) is -0.327. The summed E-state index contributed by atoms with van der Waals surface area (Å²) in [7, 11) is 1.37. The number of methoxy groups -OCH3 is 1. The van der Waals surface area contributed by atoms with Crippen molar-refractivity contribution in [3.63, 3.8) is 0 Å². The molecule has 1 aromatic heterocycles. The molecule has 1 aliphatic heterocycles. The van der Waals surface area contributed by atoms with Gasteiger partial charge in [-0.05, 0) is 53.2 Å². The van der Waals surface area contributed by atoms with Crippen LogP contribution in [-0.2, 0) is 4.74 Å². The molecule has 0 spiro atoms. The third kappa shape index (κ3) is 3.71. The van der Waals surface area contributed by atoms with E-state index in [0.29, 0.717) is 17.8 Å². The third-order valence-electron chi connectivity index (χ3n) is 4.42. The van der Waals surface area contributed by atoms with Gasteiger partial charge in [-0.15, -0.1) is 0 Å². The van der Waals surface area contributed by atoms with Crippen LogP contribution in [0.4, 0.5) is 5.69 Å². The minimum Gasteiger partial charge on any atom is -0.465 e.